The van der Waals surface area contributed by atoms with E-state index in [2.05, 4.69) is 5.32 Å². The van der Waals surface area contributed by atoms with Crippen LogP contribution < -0.4 is 14.8 Å². The van der Waals surface area contributed by atoms with Gasteiger partial charge in [0.05, 0.1) is 14.2 Å². The standard InChI is InChI=1S/C16H17F2NO3/c1-21-14-6-11(7-15(22-2)16(14)20)9-19-8-10-3-4-12(17)13(18)5-10/h3-7,19-20H,8-9H2,1-2H3. The maximum Gasteiger partial charge on any atom is 0.200 e. The Morgan fingerprint density at radius 2 is 1.50 bits per heavy atom. The summed E-state index contributed by atoms with van der Waals surface area (Å²) in [6.45, 7) is 0.828. The van der Waals surface area contributed by atoms with E-state index in [9.17, 15) is 13.9 Å². The normalized spacial score (nSPS) is 10.5. The summed E-state index contributed by atoms with van der Waals surface area (Å²) < 4.78 is 36.1. The first-order valence-corrected chi connectivity index (χ1v) is 6.63. The second-order valence-electron chi connectivity index (χ2n) is 4.70. The number of phenols is 1. The lowest BCUT2D eigenvalue weighted by Gasteiger charge is -2.12. The Morgan fingerprint density at radius 1 is 0.909 bits per heavy atom. The molecular formula is C16H17F2NO3. The van der Waals surface area contributed by atoms with Gasteiger partial charge in [-0.3, -0.25) is 0 Å². The van der Waals surface area contributed by atoms with Crippen molar-refractivity contribution in [3.63, 3.8) is 0 Å². The third-order valence-electron chi connectivity index (χ3n) is 3.18. The molecule has 2 rings (SSSR count). The van der Waals surface area contributed by atoms with E-state index in [-0.39, 0.29) is 5.75 Å². The van der Waals surface area contributed by atoms with Crippen LogP contribution in [-0.2, 0) is 13.1 Å². The highest BCUT2D eigenvalue weighted by Crippen LogP contribution is 2.37. The number of nitrogens with one attached hydrogen (secondary N) is 1. The molecule has 118 valence electrons. The molecule has 0 saturated heterocycles. The van der Waals surface area contributed by atoms with E-state index in [0.717, 1.165) is 17.7 Å². The van der Waals surface area contributed by atoms with Gasteiger partial charge in [-0.25, -0.2) is 8.78 Å². The molecule has 2 aromatic carbocycles. The van der Waals surface area contributed by atoms with E-state index >= 15 is 0 Å². The van der Waals surface area contributed by atoms with Gasteiger partial charge in [0.1, 0.15) is 0 Å². The number of hydrogen-bond acceptors (Lipinski definition) is 4. The molecule has 0 fully saturated rings. The number of phenolic OH excluding ortho intramolecular Hbond substituents is 1. The van der Waals surface area contributed by atoms with Crippen molar-refractivity contribution in [1.29, 1.82) is 0 Å². The molecule has 0 aromatic heterocycles. The number of aromatic hydroxyl groups is 1. The maximum atomic E-state index is 13.1. The minimum absolute atomic E-state index is 0.0608. The Bertz CT molecular complexity index is 637. The van der Waals surface area contributed by atoms with Crippen LogP contribution in [0.25, 0.3) is 0 Å². The molecule has 0 aliphatic rings. The lowest BCUT2D eigenvalue weighted by molar-refractivity contribution is 0.339. The topological polar surface area (TPSA) is 50.7 Å². The summed E-state index contributed by atoms with van der Waals surface area (Å²) in [6.07, 6.45) is 0. The number of rotatable bonds is 6. The van der Waals surface area contributed by atoms with E-state index < -0.39 is 11.6 Å². The van der Waals surface area contributed by atoms with E-state index in [1.165, 1.54) is 20.3 Å². The maximum absolute atomic E-state index is 13.1. The van der Waals surface area contributed by atoms with Crippen molar-refractivity contribution in [3.05, 3.63) is 53.1 Å². The van der Waals surface area contributed by atoms with Gasteiger partial charge in [0.15, 0.2) is 23.1 Å². The molecule has 0 amide bonds. The first kappa shape index (κ1) is 16.0. The Hall–Kier alpha value is -2.34. The fourth-order valence-corrected chi connectivity index (χ4v) is 2.05. The molecule has 0 bridgehead atoms. The minimum Gasteiger partial charge on any atom is -0.502 e. The van der Waals surface area contributed by atoms with Crippen LogP contribution in [0.2, 0.25) is 0 Å². The molecule has 6 heteroatoms. The van der Waals surface area contributed by atoms with Gasteiger partial charge >= 0.3 is 0 Å². The fraction of sp³-hybridized carbons (Fsp3) is 0.250. The van der Waals surface area contributed by atoms with Crippen LogP contribution in [0.15, 0.2) is 30.3 Å². The van der Waals surface area contributed by atoms with Crippen molar-refractivity contribution in [2.24, 2.45) is 0 Å². The van der Waals surface area contributed by atoms with Gasteiger partial charge < -0.3 is 19.9 Å². The molecule has 0 spiro atoms. The van der Waals surface area contributed by atoms with Crippen molar-refractivity contribution in [2.75, 3.05) is 14.2 Å². The van der Waals surface area contributed by atoms with E-state index in [1.807, 2.05) is 0 Å². The van der Waals surface area contributed by atoms with Gasteiger partial charge in [-0.15, -0.1) is 0 Å². The minimum atomic E-state index is -0.868. The second kappa shape index (κ2) is 7.09. The lowest BCUT2D eigenvalue weighted by Crippen LogP contribution is -2.13. The quantitative estimate of drug-likeness (QED) is 0.861. The van der Waals surface area contributed by atoms with Crippen molar-refractivity contribution < 1.29 is 23.4 Å². The smallest absolute Gasteiger partial charge is 0.200 e. The van der Waals surface area contributed by atoms with Gasteiger partial charge in [0, 0.05) is 13.1 Å². The predicted octanol–water partition coefficient (Wildman–Crippen LogP) is 2.98. The lowest BCUT2D eigenvalue weighted by atomic mass is 10.1. The molecule has 22 heavy (non-hydrogen) atoms. The molecule has 4 nitrogen and oxygen atoms in total. The molecule has 0 aliphatic carbocycles. The van der Waals surface area contributed by atoms with Gasteiger partial charge in [-0.2, -0.15) is 0 Å². The molecule has 0 radical (unpaired) electrons. The molecule has 2 aromatic rings. The summed E-state index contributed by atoms with van der Waals surface area (Å²) >= 11 is 0. The molecule has 2 N–H and O–H groups in total. The number of ether oxygens (including phenoxy) is 2. The predicted molar refractivity (Wildman–Crippen MR) is 78.1 cm³/mol. The van der Waals surface area contributed by atoms with Crippen molar-refractivity contribution >= 4 is 0 Å². The van der Waals surface area contributed by atoms with Gasteiger partial charge in [-0.05, 0) is 35.4 Å². The summed E-state index contributed by atoms with van der Waals surface area (Å²) in [5.74, 6) is -1.17. The highest BCUT2D eigenvalue weighted by Gasteiger charge is 2.11. The Kier molecular flexibility index (Phi) is 5.16. The molecule has 0 unspecified atom stereocenters. The number of hydrogen-bond donors (Lipinski definition) is 2. The molecule has 0 heterocycles. The van der Waals surface area contributed by atoms with Crippen LogP contribution in [0.5, 0.6) is 17.2 Å². The number of methoxy groups -OCH3 is 2. The molecule has 0 aliphatic heterocycles. The van der Waals surface area contributed by atoms with Crippen LogP contribution in [0.4, 0.5) is 8.78 Å². The Balaban J connectivity index is 2.03. The van der Waals surface area contributed by atoms with Crippen LogP contribution in [0, 0.1) is 11.6 Å². The Labute approximate surface area is 127 Å². The summed E-state index contributed by atoms with van der Waals surface area (Å²) in [5, 5.41) is 12.9. The van der Waals surface area contributed by atoms with Crippen molar-refractivity contribution in [1.82, 2.24) is 5.32 Å². The first-order chi connectivity index (χ1) is 10.5. The molecule has 0 saturated carbocycles. The number of benzene rings is 2. The van der Waals surface area contributed by atoms with Gasteiger partial charge in [0.2, 0.25) is 5.75 Å². The van der Waals surface area contributed by atoms with E-state index in [4.69, 9.17) is 9.47 Å². The second-order valence-corrected chi connectivity index (χ2v) is 4.70. The highest BCUT2D eigenvalue weighted by atomic mass is 19.2. The Morgan fingerprint density at radius 3 is 2.05 bits per heavy atom. The molecule has 0 atom stereocenters. The molecular weight excluding hydrogens is 292 g/mol. The SMILES string of the molecule is COc1cc(CNCc2ccc(F)c(F)c2)cc(OC)c1O. The first-order valence-electron chi connectivity index (χ1n) is 6.63. The van der Waals surface area contributed by atoms with Crippen LogP contribution in [-0.4, -0.2) is 19.3 Å². The highest BCUT2D eigenvalue weighted by molar-refractivity contribution is 5.52. The van der Waals surface area contributed by atoms with Crippen LogP contribution in [0.3, 0.4) is 0 Å². The zero-order chi connectivity index (χ0) is 16.1. The largest absolute Gasteiger partial charge is 0.502 e. The zero-order valence-corrected chi connectivity index (χ0v) is 12.3. The zero-order valence-electron chi connectivity index (χ0n) is 12.3. The summed E-state index contributed by atoms with van der Waals surface area (Å²) in [7, 11) is 2.90. The van der Waals surface area contributed by atoms with Gasteiger partial charge in [-0.1, -0.05) is 6.07 Å². The summed E-state index contributed by atoms with van der Waals surface area (Å²) in [6, 6.07) is 7.12. The number of halogens is 2. The average molecular weight is 309 g/mol. The third kappa shape index (κ3) is 3.65. The monoisotopic (exact) mass is 309 g/mol. The fourth-order valence-electron chi connectivity index (χ4n) is 2.05. The summed E-state index contributed by atoms with van der Waals surface area (Å²) in [4.78, 5) is 0. The average Bonchev–Trinajstić information content (AvgIpc) is 2.52. The van der Waals surface area contributed by atoms with Crippen LogP contribution in [0.1, 0.15) is 11.1 Å². The van der Waals surface area contributed by atoms with Crippen molar-refractivity contribution in [2.45, 2.75) is 13.1 Å². The van der Waals surface area contributed by atoms with Gasteiger partial charge in [0.25, 0.3) is 0 Å². The summed E-state index contributed by atoms with van der Waals surface area (Å²) in [5.41, 5.74) is 1.46. The third-order valence-corrected chi connectivity index (χ3v) is 3.18. The van der Waals surface area contributed by atoms with E-state index in [0.29, 0.717) is 30.2 Å². The van der Waals surface area contributed by atoms with E-state index in [1.54, 1.807) is 12.1 Å². The van der Waals surface area contributed by atoms with Crippen LogP contribution >= 0.6 is 0 Å². The van der Waals surface area contributed by atoms with Crippen molar-refractivity contribution in [3.8, 4) is 17.2 Å².